The number of nitrogens with zero attached hydrogens (tertiary/aromatic N) is 6. The maximum absolute atomic E-state index is 4.83. The minimum atomic E-state index is -0.215. The van der Waals surface area contributed by atoms with Gasteiger partial charge in [0, 0.05) is 5.41 Å². The van der Waals surface area contributed by atoms with Gasteiger partial charge in [0.25, 0.3) is 0 Å². The molecular weight excluding hydrogens is 264 g/mol. The van der Waals surface area contributed by atoms with Crippen molar-refractivity contribution in [3.8, 4) is 0 Å². The number of fused-ring (bicyclic) bond motifs is 1. The average Bonchev–Trinajstić information content (AvgIpc) is 2.63. The van der Waals surface area contributed by atoms with Crippen LogP contribution >= 0.6 is 0 Å². The van der Waals surface area contributed by atoms with Crippen molar-refractivity contribution in [2.75, 3.05) is 0 Å². The topological polar surface area (TPSA) is 67.3 Å². The lowest BCUT2D eigenvalue weighted by molar-refractivity contribution is 0.333. The fraction of sp³-hybridized carbons (Fsp3) is 0.800. The van der Waals surface area contributed by atoms with Gasteiger partial charge in [-0.2, -0.15) is 15.3 Å². The first-order valence-electron chi connectivity index (χ1n) is 7.46. The molecule has 0 fully saturated rings. The Kier molecular flexibility index (Phi) is 3.76. The van der Waals surface area contributed by atoms with E-state index in [1.165, 1.54) is 0 Å². The molecule has 0 saturated carbocycles. The van der Waals surface area contributed by atoms with E-state index in [1.54, 1.807) is 0 Å². The summed E-state index contributed by atoms with van der Waals surface area (Å²) >= 11 is 0. The minimum Gasteiger partial charge on any atom is -0.251 e. The highest BCUT2D eigenvalue weighted by molar-refractivity contribution is 5.12. The number of hydrogen-bond donors (Lipinski definition) is 0. The van der Waals surface area contributed by atoms with Crippen LogP contribution in [0, 0.1) is 0 Å². The van der Waals surface area contributed by atoms with Gasteiger partial charge in [-0.25, -0.2) is 9.67 Å². The zero-order chi connectivity index (χ0) is 16.0. The second kappa shape index (κ2) is 5.00. The molecule has 6 nitrogen and oxygen atoms in total. The fourth-order valence-corrected chi connectivity index (χ4v) is 2.22. The Hall–Kier alpha value is -1.59. The average molecular weight is 290 g/mol. The molecule has 6 heteroatoms. The van der Waals surface area contributed by atoms with Crippen LogP contribution in [0.3, 0.4) is 0 Å². The van der Waals surface area contributed by atoms with Crippen LogP contribution in [0.2, 0.25) is 0 Å². The summed E-state index contributed by atoms with van der Waals surface area (Å²) < 4.78 is 1.97. The third-order valence-corrected chi connectivity index (χ3v) is 3.21. The van der Waals surface area contributed by atoms with Crippen LogP contribution < -0.4 is 10.8 Å². The van der Waals surface area contributed by atoms with Crippen molar-refractivity contribution in [3.05, 3.63) is 16.5 Å². The number of hydrogen-bond acceptors (Lipinski definition) is 5. The molecule has 2 rings (SSSR count). The SMILES string of the molecule is CC1N=NC(C)N=c2c(c(C(C)(C)C)nn2C(C)(C)C)=N1. The summed E-state index contributed by atoms with van der Waals surface area (Å²) in [5.74, 6) is 0. The first kappa shape index (κ1) is 15.8. The van der Waals surface area contributed by atoms with Gasteiger partial charge in [-0.15, -0.1) is 0 Å². The highest BCUT2D eigenvalue weighted by atomic mass is 15.4. The Balaban J connectivity index is 2.92. The van der Waals surface area contributed by atoms with Crippen LogP contribution in [-0.2, 0) is 11.0 Å². The van der Waals surface area contributed by atoms with Crippen molar-refractivity contribution in [1.82, 2.24) is 9.78 Å². The van der Waals surface area contributed by atoms with Gasteiger partial charge in [-0.1, -0.05) is 20.8 Å². The number of rotatable bonds is 0. The lowest BCUT2D eigenvalue weighted by atomic mass is 9.92. The molecule has 0 amide bonds. The van der Waals surface area contributed by atoms with E-state index in [9.17, 15) is 0 Å². The number of azo groups is 1. The van der Waals surface area contributed by atoms with Crippen molar-refractivity contribution in [1.29, 1.82) is 0 Å². The summed E-state index contributed by atoms with van der Waals surface area (Å²) in [6.45, 7) is 16.7. The quantitative estimate of drug-likeness (QED) is 0.723. The van der Waals surface area contributed by atoms with Gasteiger partial charge in [-0.3, -0.25) is 4.99 Å². The molecule has 0 radical (unpaired) electrons. The second-order valence-corrected chi connectivity index (χ2v) is 7.61. The summed E-state index contributed by atoms with van der Waals surface area (Å²) in [4.78, 5) is 9.38. The number of aromatic nitrogens is 2. The molecule has 0 spiro atoms. The predicted octanol–water partition coefficient (Wildman–Crippen LogP) is 2.33. The molecule has 0 saturated heterocycles. The van der Waals surface area contributed by atoms with Gasteiger partial charge in [0.05, 0.1) is 11.2 Å². The highest BCUT2D eigenvalue weighted by Gasteiger charge is 2.27. The van der Waals surface area contributed by atoms with E-state index in [-0.39, 0.29) is 23.3 Å². The van der Waals surface area contributed by atoms with Crippen LogP contribution in [-0.4, -0.2) is 22.1 Å². The Morgan fingerprint density at radius 1 is 0.857 bits per heavy atom. The van der Waals surface area contributed by atoms with Crippen LogP contribution in [0.25, 0.3) is 0 Å². The third-order valence-electron chi connectivity index (χ3n) is 3.21. The molecule has 0 aromatic carbocycles. The molecule has 21 heavy (non-hydrogen) atoms. The standard InChI is InChI=1S/C15H26N6/c1-9-16-11-12(14(3,4)5)20-21(15(6,7)8)13(11)17-10(2)19-18-9/h9-10H,1-8H3. The van der Waals surface area contributed by atoms with Crippen LogP contribution in [0.4, 0.5) is 0 Å². The van der Waals surface area contributed by atoms with Crippen LogP contribution in [0.15, 0.2) is 20.2 Å². The predicted molar refractivity (Wildman–Crippen MR) is 82.0 cm³/mol. The van der Waals surface area contributed by atoms with E-state index < -0.39 is 0 Å². The molecule has 2 heterocycles. The van der Waals surface area contributed by atoms with E-state index >= 15 is 0 Å². The second-order valence-electron chi connectivity index (χ2n) is 7.61. The van der Waals surface area contributed by atoms with Crippen molar-refractivity contribution >= 4 is 0 Å². The molecular formula is C15H26N6. The molecule has 0 N–H and O–H groups in total. The van der Waals surface area contributed by atoms with E-state index in [0.717, 1.165) is 16.5 Å². The Bertz CT molecular complexity index is 612. The normalized spacial score (nSPS) is 22.9. The fourth-order valence-electron chi connectivity index (χ4n) is 2.22. The van der Waals surface area contributed by atoms with Gasteiger partial charge in [0.15, 0.2) is 17.8 Å². The van der Waals surface area contributed by atoms with Gasteiger partial charge in [0.1, 0.15) is 5.36 Å². The Morgan fingerprint density at radius 2 is 1.38 bits per heavy atom. The van der Waals surface area contributed by atoms with E-state index in [0.29, 0.717) is 0 Å². The Labute approximate surface area is 126 Å². The van der Waals surface area contributed by atoms with Crippen LogP contribution in [0.1, 0.15) is 61.1 Å². The largest absolute Gasteiger partial charge is 0.251 e. The first-order chi connectivity index (χ1) is 9.50. The molecule has 116 valence electrons. The highest BCUT2D eigenvalue weighted by Crippen LogP contribution is 2.18. The first-order valence-corrected chi connectivity index (χ1v) is 7.46. The molecule has 1 aromatic heterocycles. The summed E-state index contributed by atoms with van der Waals surface area (Å²) in [6.07, 6.45) is -0.423. The van der Waals surface area contributed by atoms with Gasteiger partial charge < -0.3 is 0 Å². The monoisotopic (exact) mass is 290 g/mol. The summed E-state index contributed by atoms with van der Waals surface area (Å²) in [7, 11) is 0. The molecule has 2 unspecified atom stereocenters. The molecule has 2 atom stereocenters. The molecule has 1 aromatic rings. The molecule has 1 aliphatic heterocycles. The maximum Gasteiger partial charge on any atom is 0.174 e. The third kappa shape index (κ3) is 3.19. The van der Waals surface area contributed by atoms with Gasteiger partial charge in [-0.05, 0) is 34.6 Å². The van der Waals surface area contributed by atoms with Gasteiger partial charge >= 0.3 is 0 Å². The minimum absolute atomic E-state index is 0.0983. The smallest absolute Gasteiger partial charge is 0.174 e. The van der Waals surface area contributed by atoms with Gasteiger partial charge in [0.2, 0.25) is 0 Å². The van der Waals surface area contributed by atoms with E-state index in [4.69, 9.17) is 10.1 Å². The zero-order valence-electron chi connectivity index (χ0n) is 14.3. The molecule has 1 aliphatic rings. The lowest BCUT2D eigenvalue weighted by Crippen LogP contribution is -2.41. The van der Waals surface area contributed by atoms with Crippen molar-refractivity contribution < 1.29 is 0 Å². The van der Waals surface area contributed by atoms with E-state index in [1.807, 2.05) is 18.5 Å². The summed E-state index contributed by atoms with van der Waals surface area (Å²) in [6, 6.07) is 0. The van der Waals surface area contributed by atoms with Crippen molar-refractivity contribution in [2.45, 2.75) is 78.7 Å². The van der Waals surface area contributed by atoms with Crippen molar-refractivity contribution in [2.24, 2.45) is 20.2 Å². The van der Waals surface area contributed by atoms with E-state index in [2.05, 4.69) is 56.8 Å². The van der Waals surface area contributed by atoms with Crippen LogP contribution in [0.5, 0.6) is 0 Å². The zero-order valence-corrected chi connectivity index (χ0v) is 14.3. The summed E-state index contributed by atoms with van der Waals surface area (Å²) in [5.41, 5.74) is 1.52. The Morgan fingerprint density at radius 3 is 1.86 bits per heavy atom. The molecule has 0 aliphatic carbocycles. The van der Waals surface area contributed by atoms with Crippen molar-refractivity contribution in [3.63, 3.8) is 0 Å². The lowest BCUT2D eigenvalue weighted by Gasteiger charge is -2.20. The molecule has 0 bridgehead atoms. The summed E-state index contributed by atoms with van der Waals surface area (Å²) in [5, 5.41) is 14.1. The maximum atomic E-state index is 4.83.